The van der Waals surface area contributed by atoms with Crippen LogP contribution in [0.4, 0.5) is 0 Å². The number of fused-ring (bicyclic) bond motifs is 1. The minimum Gasteiger partial charge on any atom is -0.268 e. The zero-order valence-electron chi connectivity index (χ0n) is 13.8. The van der Waals surface area contributed by atoms with Crippen LogP contribution in [0.5, 0.6) is 0 Å². The van der Waals surface area contributed by atoms with E-state index in [1.807, 2.05) is 41.3 Å². The molecule has 0 spiro atoms. The van der Waals surface area contributed by atoms with Crippen molar-refractivity contribution in [3.05, 3.63) is 66.2 Å². The Bertz CT molecular complexity index is 966. The van der Waals surface area contributed by atoms with E-state index in [0.29, 0.717) is 5.92 Å². The molecule has 4 rings (SSSR count). The van der Waals surface area contributed by atoms with Gasteiger partial charge in [-0.25, -0.2) is 4.98 Å². The highest BCUT2D eigenvalue weighted by Crippen LogP contribution is 2.31. The molecule has 0 bridgehead atoms. The van der Waals surface area contributed by atoms with Gasteiger partial charge in [0.2, 0.25) is 0 Å². The Morgan fingerprint density at radius 3 is 2.75 bits per heavy atom. The Morgan fingerprint density at radius 1 is 1.12 bits per heavy atom. The van der Waals surface area contributed by atoms with Crippen LogP contribution < -0.4 is 0 Å². The molecule has 3 heterocycles. The molecule has 0 unspecified atom stereocenters. The van der Waals surface area contributed by atoms with Crippen LogP contribution in [-0.4, -0.2) is 25.0 Å². The molecule has 4 aromatic rings. The van der Waals surface area contributed by atoms with Crippen molar-refractivity contribution in [1.82, 2.24) is 25.0 Å². The van der Waals surface area contributed by atoms with Crippen molar-refractivity contribution in [2.24, 2.45) is 0 Å². The maximum Gasteiger partial charge on any atom is 0.155 e. The summed E-state index contributed by atoms with van der Waals surface area (Å²) in [6.07, 6.45) is 5.81. The second kappa shape index (κ2) is 5.92. The molecule has 0 fully saturated rings. The molecule has 5 heteroatoms. The lowest BCUT2D eigenvalue weighted by atomic mass is 10.0. The van der Waals surface area contributed by atoms with E-state index in [9.17, 15) is 0 Å². The van der Waals surface area contributed by atoms with Gasteiger partial charge in [0.05, 0.1) is 23.8 Å². The van der Waals surface area contributed by atoms with Gasteiger partial charge in [-0.15, -0.1) is 0 Å². The third kappa shape index (κ3) is 2.58. The van der Waals surface area contributed by atoms with Crippen LogP contribution in [0, 0.1) is 0 Å². The SMILES string of the molecule is CC(C)c1n[nH]c2nccc(-c3cnn(Cc4ccccc4)c3)c12. The van der Waals surface area contributed by atoms with Crippen molar-refractivity contribution in [1.29, 1.82) is 0 Å². The minimum atomic E-state index is 0.334. The number of rotatable bonds is 4. The number of hydrogen-bond donors (Lipinski definition) is 1. The first-order chi connectivity index (χ1) is 11.7. The van der Waals surface area contributed by atoms with Crippen LogP contribution >= 0.6 is 0 Å². The molecule has 120 valence electrons. The molecule has 0 amide bonds. The van der Waals surface area contributed by atoms with E-state index in [2.05, 4.69) is 52.5 Å². The van der Waals surface area contributed by atoms with Crippen LogP contribution in [0.25, 0.3) is 22.2 Å². The highest BCUT2D eigenvalue weighted by atomic mass is 15.3. The second-order valence-electron chi connectivity index (χ2n) is 6.26. The van der Waals surface area contributed by atoms with E-state index in [1.165, 1.54) is 5.56 Å². The Hall–Kier alpha value is -2.95. The lowest BCUT2D eigenvalue weighted by molar-refractivity contribution is 0.687. The summed E-state index contributed by atoms with van der Waals surface area (Å²) < 4.78 is 1.96. The molecule has 0 saturated heterocycles. The van der Waals surface area contributed by atoms with Gasteiger partial charge in [0.15, 0.2) is 5.65 Å². The highest BCUT2D eigenvalue weighted by Gasteiger charge is 2.16. The van der Waals surface area contributed by atoms with Gasteiger partial charge in [-0.2, -0.15) is 10.2 Å². The number of benzene rings is 1. The zero-order valence-corrected chi connectivity index (χ0v) is 13.8. The Kier molecular flexibility index (Phi) is 3.61. The smallest absolute Gasteiger partial charge is 0.155 e. The average molecular weight is 317 g/mol. The van der Waals surface area contributed by atoms with Crippen molar-refractivity contribution in [3.8, 4) is 11.1 Å². The number of aromatic nitrogens is 5. The summed E-state index contributed by atoms with van der Waals surface area (Å²) in [6, 6.07) is 12.4. The van der Waals surface area contributed by atoms with Crippen LogP contribution in [-0.2, 0) is 6.54 Å². The molecular weight excluding hydrogens is 298 g/mol. The van der Waals surface area contributed by atoms with Crippen LogP contribution in [0.1, 0.15) is 31.0 Å². The number of hydrogen-bond acceptors (Lipinski definition) is 3. The number of pyridine rings is 1. The van der Waals surface area contributed by atoms with Crippen molar-refractivity contribution in [3.63, 3.8) is 0 Å². The van der Waals surface area contributed by atoms with E-state index in [0.717, 1.165) is 34.4 Å². The normalized spacial score (nSPS) is 11.5. The lowest BCUT2D eigenvalue weighted by Gasteiger charge is -2.05. The van der Waals surface area contributed by atoms with Crippen molar-refractivity contribution < 1.29 is 0 Å². The summed E-state index contributed by atoms with van der Waals surface area (Å²) in [5.74, 6) is 0.334. The molecule has 0 saturated carbocycles. The standard InChI is InChI=1S/C19H19N5/c1-13(2)18-17-16(8-9-20-19(17)23-22-18)15-10-21-24(12-15)11-14-6-4-3-5-7-14/h3-10,12-13H,11H2,1-2H3,(H,20,22,23). The predicted octanol–water partition coefficient (Wildman–Crippen LogP) is 3.99. The maximum absolute atomic E-state index is 4.52. The molecule has 5 nitrogen and oxygen atoms in total. The summed E-state index contributed by atoms with van der Waals surface area (Å²) in [5.41, 5.74) is 5.31. The topological polar surface area (TPSA) is 59.4 Å². The maximum atomic E-state index is 4.52. The quantitative estimate of drug-likeness (QED) is 0.619. The summed E-state index contributed by atoms with van der Waals surface area (Å²) in [5, 5.41) is 13.1. The summed E-state index contributed by atoms with van der Waals surface area (Å²) >= 11 is 0. The van der Waals surface area contributed by atoms with Gasteiger partial charge >= 0.3 is 0 Å². The van der Waals surface area contributed by atoms with E-state index in [1.54, 1.807) is 0 Å². The first-order valence-corrected chi connectivity index (χ1v) is 8.12. The molecular formula is C19H19N5. The number of nitrogens with zero attached hydrogens (tertiary/aromatic N) is 4. The van der Waals surface area contributed by atoms with Crippen molar-refractivity contribution >= 4 is 11.0 Å². The first kappa shape index (κ1) is 14.6. The zero-order chi connectivity index (χ0) is 16.5. The van der Waals surface area contributed by atoms with Gasteiger partial charge in [-0.1, -0.05) is 44.2 Å². The highest BCUT2D eigenvalue weighted by molar-refractivity contribution is 5.94. The van der Waals surface area contributed by atoms with E-state index >= 15 is 0 Å². The third-order valence-corrected chi connectivity index (χ3v) is 4.17. The monoisotopic (exact) mass is 317 g/mol. The minimum absolute atomic E-state index is 0.334. The second-order valence-corrected chi connectivity index (χ2v) is 6.26. The fraction of sp³-hybridized carbons (Fsp3) is 0.211. The number of H-pyrrole nitrogens is 1. The van der Waals surface area contributed by atoms with Gasteiger partial charge < -0.3 is 0 Å². The molecule has 0 aliphatic rings. The van der Waals surface area contributed by atoms with Crippen LogP contribution in [0.2, 0.25) is 0 Å². The van der Waals surface area contributed by atoms with Gasteiger partial charge in [0.1, 0.15) is 0 Å². The van der Waals surface area contributed by atoms with Crippen LogP contribution in [0.3, 0.4) is 0 Å². The first-order valence-electron chi connectivity index (χ1n) is 8.12. The van der Waals surface area contributed by atoms with E-state index < -0.39 is 0 Å². The molecule has 24 heavy (non-hydrogen) atoms. The Balaban J connectivity index is 1.75. The van der Waals surface area contributed by atoms with Gasteiger partial charge in [-0.05, 0) is 23.1 Å². The summed E-state index contributed by atoms with van der Waals surface area (Å²) in [4.78, 5) is 4.40. The van der Waals surface area contributed by atoms with Crippen LogP contribution in [0.15, 0.2) is 55.0 Å². The molecule has 0 aliphatic heterocycles. The largest absolute Gasteiger partial charge is 0.268 e. The number of aromatic amines is 1. The third-order valence-electron chi connectivity index (χ3n) is 4.17. The molecule has 0 aliphatic carbocycles. The van der Waals surface area contributed by atoms with E-state index in [-0.39, 0.29) is 0 Å². The molecule has 0 atom stereocenters. The van der Waals surface area contributed by atoms with Crippen molar-refractivity contribution in [2.75, 3.05) is 0 Å². The summed E-state index contributed by atoms with van der Waals surface area (Å²) in [6.45, 7) is 5.05. The fourth-order valence-electron chi connectivity index (χ4n) is 2.99. The fourth-order valence-corrected chi connectivity index (χ4v) is 2.99. The van der Waals surface area contributed by atoms with Gasteiger partial charge in [0, 0.05) is 18.0 Å². The number of nitrogens with one attached hydrogen (secondary N) is 1. The van der Waals surface area contributed by atoms with E-state index in [4.69, 9.17) is 0 Å². The van der Waals surface area contributed by atoms with Crippen molar-refractivity contribution in [2.45, 2.75) is 26.3 Å². The lowest BCUT2D eigenvalue weighted by Crippen LogP contribution is -1.99. The molecule has 1 N–H and O–H groups in total. The molecule has 0 radical (unpaired) electrons. The predicted molar refractivity (Wildman–Crippen MR) is 94.7 cm³/mol. The molecule has 1 aromatic carbocycles. The summed E-state index contributed by atoms with van der Waals surface area (Å²) in [7, 11) is 0. The Labute approximate surface area is 140 Å². The van der Waals surface area contributed by atoms with Gasteiger partial charge in [-0.3, -0.25) is 9.78 Å². The molecule has 3 aromatic heterocycles. The Morgan fingerprint density at radius 2 is 1.96 bits per heavy atom. The van der Waals surface area contributed by atoms with Gasteiger partial charge in [0.25, 0.3) is 0 Å². The average Bonchev–Trinajstić information content (AvgIpc) is 3.22.